The second-order valence-corrected chi connectivity index (χ2v) is 29.1. The van der Waals surface area contributed by atoms with Crippen LogP contribution in [0.4, 0.5) is 0 Å². The largest absolute Gasteiger partial charge is 0.472 e. The molecule has 0 aromatic heterocycles. The molecule has 87 heavy (non-hydrogen) atoms. The number of phosphoric acid groups is 2. The molecule has 19 heteroatoms. The van der Waals surface area contributed by atoms with Crippen LogP contribution >= 0.6 is 15.6 Å². The molecule has 0 saturated carbocycles. The quantitative estimate of drug-likeness (QED) is 0.0222. The van der Waals surface area contributed by atoms with Crippen LogP contribution < -0.4 is 0 Å². The van der Waals surface area contributed by atoms with Crippen molar-refractivity contribution in [3.63, 3.8) is 0 Å². The van der Waals surface area contributed by atoms with E-state index < -0.39 is 97.5 Å². The topological polar surface area (TPSA) is 237 Å². The Morgan fingerprint density at radius 2 is 0.552 bits per heavy atom. The maximum atomic E-state index is 13.0. The first kappa shape index (κ1) is 85.1. The zero-order valence-electron chi connectivity index (χ0n) is 56.6. The van der Waals surface area contributed by atoms with Gasteiger partial charge in [0.1, 0.15) is 19.3 Å². The third-order valence-corrected chi connectivity index (χ3v) is 17.8. The summed E-state index contributed by atoms with van der Waals surface area (Å²) in [6.07, 6.45) is 39.5. The van der Waals surface area contributed by atoms with E-state index >= 15 is 0 Å². The molecule has 3 unspecified atom stereocenters. The highest BCUT2D eigenvalue weighted by Gasteiger charge is 2.30. The van der Waals surface area contributed by atoms with Crippen LogP contribution in [-0.2, 0) is 65.4 Å². The molecule has 0 amide bonds. The van der Waals surface area contributed by atoms with Crippen LogP contribution in [0.25, 0.3) is 0 Å². The number of esters is 4. The lowest BCUT2D eigenvalue weighted by Gasteiger charge is -2.21. The van der Waals surface area contributed by atoms with Crippen LogP contribution in [0.1, 0.15) is 331 Å². The molecule has 0 spiro atoms. The van der Waals surface area contributed by atoms with Crippen molar-refractivity contribution in [3.8, 4) is 0 Å². The van der Waals surface area contributed by atoms with E-state index in [2.05, 4.69) is 55.4 Å². The van der Waals surface area contributed by atoms with Crippen molar-refractivity contribution in [1.82, 2.24) is 0 Å². The van der Waals surface area contributed by atoms with Crippen LogP contribution in [0, 0.1) is 23.7 Å². The smallest absolute Gasteiger partial charge is 0.462 e. The maximum Gasteiger partial charge on any atom is 0.472 e. The summed E-state index contributed by atoms with van der Waals surface area (Å²) in [6.45, 7) is 13.9. The number of rotatable bonds is 65. The SMILES string of the molecule is CCC(C)CCCCCCCCC(=O)O[C@H](COC(=O)CCCCCCCCCCCCCCCCCCC(C)C)COP(=O)(O)OC[C@@H](O)COP(=O)(O)OC[C@@H](COC(=O)CCCCCCCCC(C)C)OC(=O)CCCCCCCCC(C)C. The van der Waals surface area contributed by atoms with Crippen LogP contribution in [0.5, 0.6) is 0 Å². The van der Waals surface area contributed by atoms with Gasteiger partial charge in [0, 0.05) is 25.7 Å². The van der Waals surface area contributed by atoms with Crippen molar-refractivity contribution < 1.29 is 80.2 Å². The molecule has 0 rings (SSSR count). The number of unbranched alkanes of at least 4 members (excludes halogenated alkanes) is 30. The molecular weight excluding hydrogens is 1150 g/mol. The summed E-state index contributed by atoms with van der Waals surface area (Å²) in [5, 5.41) is 10.5. The van der Waals surface area contributed by atoms with Gasteiger partial charge in [-0.3, -0.25) is 37.3 Å². The van der Waals surface area contributed by atoms with Crippen molar-refractivity contribution in [2.75, 3.05) is 39.6 Å². The molecular formula is C68H132O17P2. The first-order chi connectivity index (χ1) is 41.6. The number of aliphatic hydroxyl groups excluding tert-OH is 1. The number of carbonyl (C=O) groups is 4. The molecule has 0 bridgehead atoms. The molecule has 17 nitrogen and oxygen atoms in total. The summed E-state index contributed by atoms with van der Waals surface area (Å²) in [7, 11) is -9.89. The molecule has 0 aliphatic heterocycles. The minimum Gasteiger partial charge on any atom is -0.462 e. The number of phosphoric ester groups is 2. The summed E-state index contributed by atoms with van der Waals surface area (Å²) in [5.74, 6) is 0.740. The Kier molecular flexibility index (Phi) is 56.6. The van der Waals surface area contributed by atoms with Crippen LogP contribution in [0.15, 0.2) is 0 Å². The van der Waals surface area contributed by atoms with Gasteiger partial charge in [-0.25, -0.2) is 9.13 Å². The van der Waals surface area contributed by atoms with E-state index in [0.717, 1.165) is 108 Å². The van der Waals surface area contributed by atoms with Gasteiger partial charge in [-0.05, 0) is 49.4 Å². The Hall–Kier alpha value is -1.94. The van der Waals surface area contributed by atoms with E-state index in [4.69, 9.17) is 37.0 Å². The number of hydrogen-bond donors (Lipinski definition) is 3. The van der Waals surface area contributed by atoms with Crippen molar-refractivity contribution in [3.05, 3.63) is 0 Å². The lowest BCUT2D eigenvalue weighted by molar-refractivity contribution is -0.161. The third-order valence-electron chi connectivity index (χ3n) is 15.9. The summed E-state index contributed by atoms with van der Waals surface area (Å²) < 4.78 is 68.0. The Bertz CT molecular complexity index is 1730. The Morgan fingerprint density at radius 1 is 0.322 bits per heavy atom. The third kappa shape index (κ3) is 61.3. The average molecular weight is 1280 g/mol. The Morgan fingerprint density at radius 3 is 0.816 bits per heavy atom. The highest BCUT2D eigenvalue weighted by atomic mass is 31.2. The van der Waals surface area contributed by atoms with Gasteiger partial charge >= 0.3 is 39.5 Å². The minimum absolute atomic E-state index is 0.100. The van der Waals surface area contributed by atoms with Crippen molar-refractivity contribution in [2.45, 2.75) is 350 Å². The number of aliphatic hydroxyl groups is 1. The Balaban J connectivity index is 5.15. The second-order valence-electron chi connectivity index (χ2n) is 26.2. The van der Waals surface area contributed by atoms with Crippen LogP contribution in [0.2, 0.25) is 0 Å². The standard InChI is InChI=1S/C68H132O17P2/c1-9-61(8)47-39-31-24-27-35-43-51-68(73)85-63(54-78-65(70)48-40-32-21-19-17-15-13-11-10-12-14-16-18-20-28-36-44-58(2)3)56-82-86(74,75)80-52-62(69)53-81-87(76,77)83-57-64(84-67(72)50-42-34-26-23-30-38-46-60(6)7)55-79-66(71)49-41-33-25-22-29-37-45-59(4)5/h58-64,69H,9-57H2,1-8H3,(H,74,75)(H,76,77)/t61?,62-,63-,64-/m1/s1. The fourth-order valence-electron chi connectivity index (χ4n) is 10.1. The zero-order valence-corrected chi connectivity index (χ0v) is 58.4. The average Bonchev–Trinajstić information content (AvgIpc) is 3.62. The van der Waals surface area contributed by atoms with E-state index in [1.807, 2.05) is 0 Å². The molecule has 0 fully saturated rings. The highest BCUT2D eigenvalue weighted by Crippen LogP contribution is 2.45. The maximum absolute atomic E-state index is 13.0. The molecule has 0 aliphatic carbocycles. The molecule has 3 N–H and O–H groups in total. The molecule has 0 aromatic rings. The van der Waals surface area contributed by atoms with Gasteiger partial charge in [0.05, 0.1) is 26.4 Å². The predicted molar refractivity (Wildman–Crippen MR) is 349 cm³/mol. The molecule has 0 heterocycles. The van der Waals surface area contributed by atoms with Crippen molar-refractivity contribution in [2.24, 2.45) is 23.7 Å². The summed E-state index contributed by atoms with van der Waals surface area (Å²) in [6, 6.07) is 0. The first-order valence-electron chi connectivity index (χ1n) is 35.2. The normalized spacial score (nSPS) is 14.6. The number of ether oxygens (including phenoxy) is 4. The fourth-order valence-corrected chi connectivity index (χ4v) is 11.7. The molecule has 0 saturated heterocycles. The van der Waals surface area contributed by atoms with Crippen LogP contribution in [-0.4, -0.2) is 96.7 Å². The van der Waals surface area contributed by atoms with Gasteiger partial charge in [0.15, 0.2) is 12.2 Å². The monoisotopic (exact) mass is 1280 g/mol. The van der Waals surface area contributed by atoms with E-state index in [0.29, 0.717) is 37.5 Å². The van der Waals surface area contributed by atoms with Gasteiger partial charge in [-0.2, -0.15) is 0 Å². The highest BCUT2D eigenvalue weighted by molar-refractivity contribution is 7.47. The van der Waals surface area contributed by atoms with E-state index in [1.165, 1.54) is 128 Å². The summed E-state index contributed by atoms with van der Waals surface area (Å²) in [4.78, 5) is 72.3. The van der Waals surface area contributed by atoms with Crippen molar-refractivity contribution >= 4 is 39.5 Å². The molecule has 516 valence electrons. The zero-order chi connectivity index (χ0) is 64.7. The summed E-state index contributed by atoms with van der Waals surface area (Å²) in [5.41, 5.74) is 0. The molecule has 0 aromatic carbocycles. The molecule has 0 radical (unpaired) electrons. The van der Waals surface area contributed by atoms with Gasteiger partial charge in [-0.1, -0.05) is 280 Å². The Labute approximate surface area is 530 Å². The molecule has 6 atom stereocenters. The van der Waals surface area contributed by atoms with E-state index in [1.54, 1.807) is 0 Å². The van der Waals surface area contributed by atoms with Crippen molar-refractivity contribution in [1.29, 1.82) is 0 Å². The fraction of sp³-hybridized carbons (Fsp3) is 0.941. The predicted octanol–water partition coefficient (Wildman–Crippen LogP) is 18.9. The number of carbonyl (C=O) groups excluding carboxylic acids is 4. The number of hydrogen-bond acceptors (Lipinski definition) is 15. The van der Waals surface area contributed by atoms with Gasteiger partial charge in [-0.15, -0.1) is 0 Å². The second kappa shape index (κ2) is 57.9. The van der Waals surface area contributed by atoms with E-state index in [9.17, 15) is 43.2 Å². The van der Waals surface area contributed by atoms with Gasteiger partial charge in [0.2, 0.25) is 0 Å². The minimum atomic E-state index is -4.95. The van der Waals surface area contributed by atoms with Crippen LogP contribution in [0.3, 0.4) is 0 Å². The van der Waals surface area contributed by atoms with Gasteiger partial charge < -0.3 is 33.8 Å². The first-order valence-corrected chi connectivity index (χ1v) is 38.2. The molecule has 0 aliphatic rings. The van der Waals surface area contributed by atoms with E-state index in [-0.39, 0.29) is 25.7 Å². The summed E-state index contributed by atoms with van der Waals surface area (Å²) >= 11 is 0. The lowest BCUT2D eigenvalue weighted by atomic mass is 10.00. The van der Waals surface area contributed by atoms with Gasteiger partial charge in [0.25, 0.3) is 0 Å². The lowest BCUT2D eigenvalue weighted by Crippen LogP contribution is -2.30.